The smallest absolute Gasteiger partial charge is 0.305 e. The summed E-state index contributed by atoms with van der Waals surface area (Å²) in [5.74, 6) is -0.0559. The number of allylic oxidation sites excluding steroid dienone is 1. The van der Waals surface area contributed by atoms with Crippen LogP contribution in [0.4, 0.5) is 0 Å². The van der Waals surface area contributed by atoms with Gasteiger partial charge in [0.25, 0.3) is 0 Å². The SMILES string of the molecule is CCCCCCCCCCCCCCC/C=C/C(O)C(CO)NC(=O)CCCCCCCCCCCCCCCCCCCCCCOC(=O)CCCCCCCCCCCCCCC. The van der Waals surface area contributed by atoms with Crippen molar-refractivity contribution in [1.29, 1.82) is 0 Å². The summed E-state index contributed by atoms with van der Waals surface area (Å²) in [4.78, 5) is 24.5. The summed E-state index contributed by atoms with van der Waals surface area (Å²) in [6, 6.07) is -0.628. The fraction of sp³-hybridized carbons (Fsp3) is 0.932. The molecular weight excluding hydrogens is 803 g/mol. The normalized spacial score (nSPS) is 12.6. The van der Waals surface area contributed by atoms with Crippen molar-refractivity contribution in [1.82, 2.24) is 5.32 Å². The average molecular weight is 919 g/mol. The summed E-state index contributed by atoms with van der Waals surface area (Å²) in [5.41, 5.74) is 0. The maximum absolute atomic E-state index is 12.5. The molecule has 2 atom stereocenters. The number of carbonyl (C=O) groups is 2. The molecule has 0 bridgehead atoms. The van der Waals surface area contributed by atoms with Gasteiger partial charge in [-0.15, -0.1) is 0 Å². The first-order valence-corrected chi connectivity index (χ1v) is 29.5. The van der Waals surface area contributed by atoms with Crippen molar-refractivity contribution in [3.05, 3.63) is 12.2 Å². The van der Waals surface area contributed by atoms with Crippen LogP contribution in [0, 0.1) is 0 Å². The number of hydrogen-bond acceptors (Lipinski definition) is 5. The maximum Gasteiger partial charge on any atom is 0.305 e. The number of carbonyl (C=O) groups excluding carboxylic acids is 2. The van der Waals surface area contributed by atoms with E-state index in [1.807, 2.05) is 6.08 Å². The Morgan fingerprint density at radius 3 is 1.05 bits per heavy atom. The van der Waals surface area contributed by atoms with Gasteiger partial charge in [-0.25, -0.2) is 0 Å². The van der Waals surface area contributed by atoms with Gasteiger partial charge in [0.2, 0.25) is 5.91 Å². The molecule has 2 unspecified atom stereocenters. The molecule has 0 heterocycles. The fourth-order valence-electron chi connectivity index (χ4n) is 9.28. The minimum atomic E-state index is -0.844. The highest BCUT2D eigenvalue weighted by Crippen LogP contribution is 2.17. The molecule has 6 heteroatoms. The second-order valence-electron chi connectivity index (χ2n) is 20.3. The molecule has 0 saturated carbocycles. The van der Waals surface area contributed by atoms with Gasteiger partial charge in [-0.1, -0.05) is 296 Å². The standard InChI is InChI=1S/C59H115NO5/c1-3-5-7-9-11-13-15-17-24-28-31-35-39-43-47-51-57(62)56(55-61)60-58(63)52-48-44-40-36-32-29-25-22-20-18-19-21-23-26-30-34-38-42-46-50-54-65-59(64)53-49-45-41-37-33-27-16-14-12-10-8-6-4-2/h47,51,56-57,61-62H,3-46,48-50,52-55H2,1-2H3,(H,60,63)/b51-47+. The molecule has 0 saturated heterocycles. The topological polar surface area (TPSA) is 95.9 Å². The second kappa shape index (κ2) is 55.2. The molecule has 0 aliphatic carbocycles. The maximum atomic E-state index is 12.5. The van der Waals surface area contributed by atoms with Crippen LogP contribution in [0.2, 0.25) is 0 Å². The quantitative estimate of drug-likeness (QED) is 0.0321. The van der Waals surface area contributed by atoms with Gasteiger partial charge in [0.15, 0.2) is 0 Å². The van der Waals surface area contributed by atoms with Crippen LogP contribution in [0.15, 0.2) is 12.2 Å². The van der Waals surface area contributed by atoms with E-state index in [0.29, 0.717) is 19.4 Å². The zero-order chi connectivity index (χ0) is 47.2. The van der Waals surface area contributed by atoms with E-state index in [-0.39, 0.29) is 18.5 Å². The number of aliphatic hydroxyl groups excluding tert-OH is 2. The molecular formula is C59H115NO5. The van der Waals surface area contributed by atoms with Gasteiger partial charge in [0.1, 0.15) is 0 Å². The van der Waals surface area contributed by atoms with E-state index in [4.69, 9.17) is 4.74 Å². The lowest BCUT2D eigenvalue weighted by Crippen LogP contribution is -2.45. The Labute approximate surface area is 406 Å². The van der Waals surface area contributed by atoms with Gasteiger partial charge in [0.05, 0.1) is 25.4 Å². The zero-order valence-corrected chi connectivity index (χ0v) is 44.0. The van der Waals surface area contributed by atoms with Crippen LogP contribution >= 0.6 is 0 Å². The fourth-order valence-corrected chi connectivity index (χ4v) is 9.28. The van der Waals surface area contributed by atoms with E-state index in [1.165, 1.54) is 263 Å². The summed E-state index contributed by atoms with van der Waals surface area (Å²) in [5, 5.41) is 23.1. The minimum Gasteiger partial charge on any atom is -0.466 e. The van der Waals surface area contributed by atoms with Crippen LogP contribution in [0.25, 0.3) is 0 Å². The lowest BCUT2D eigenvalue weighted by atomic mass is 10.0. The van der Waals surface area contributed by atoms with Crippen LogP contribution in [-0.2, 0) is 14.3 Å². The highest BCUT2D eigenvalue weighted by molar-refractivity contribution is 5.76. The average Bonchev–Trinajstić information content (AvgIpc) is 3.31. The first-order valence-electron chi connectivity index (χ1n) is 29.5. The summed E-state index contributed by atoms with van der Waals surface area (Å²) < 4.78 is 5.48. The van der Waals surface area contributed by atoms with Crippen molar-refractivity contribution >= 4 is 11.9 Å². The number of unbranched alkanes of at least 4 members (excludes halogenated alkanes) is 44. The van der Waals surface area contributed by atoms with E-state index < -0.39 is 12.1 Å². The van der Waals surface area contributed by atoms with Crippen molar-refractivity contribution in [2.24, 2.45) is 0 Å². The Balaban J connectivity index is 3.41. The highest BCUT2D eigenvalue weighted by atomic mass is 16.5. The number of rotatable bonds is 55. The van der Waals surface area contributed by atoms with Crippen LogP contribution in [0.1, 0.15) is 328 Å². The van der Waals surface area contributed by atoms with Gasteiger partial charge in [0, 0.05) is 12.8 Å². The van der Waals surface area contributed by atoms with Crippen LogP contribution < -0.4 is 5.32 Å². The third-order valence-corrected chi connectivity index (χ3v) is 13.8. The lowest BCUT2D eigenvalue weighted by molar-refractivity contribution is -0.143. The van der Waals surface area contributed by atoms with E-state index >= 15 is 0 Å². The Kier molecular flexibility index (Phi) is 54.0. The van der Waals surface area contributed by atoms with E-state index in [1.54, 1.807) is 6.08 Å². The Morgan fingerprint density at radius 2 is 0.708 bits per heavy atom. The number of nitrogens with one attached hydrogen (secondary N) is 1. The summed E-state index contributed by atoms with van der Waals surface area (Å²) in [6.07, 6.45) is 65.2. The highest BCUT2D eigenvalue weighted by Gasteiger charge is 2.18. The van der Waals surface area contributed by atoms with Crippen LogP contribution in [0.3, 0.4) is 0 Å². The number of hydrogen-bond donors (Lipinski definition) is 3. The molecule has 0 aromatic rings. The van der Waals surface area contributed by atoms with Gasteiger partial charge in [-0.2, -0.15) is 0 Å². The largest absolute Gasteiger partial charge is 0.466 e. The second-order valence-corrected chi connectivity index (χ2v) is 20.3. The molecule has 65 heavy (non-hydrogen) atoms. The molecule has 6 nitrogen and oxygen atoms in total. The number of aliphatic hydroxyl groups is 2. The molecule has 386 valence electrons. The Bertz CT molecular complexity index is 970. The predicted octanol–water partition coefficient (Wildman–Crippen LogP) is 18.1. The van der Waals surface area contributed by atoms with Crippen molar-refractivity contribution in [3.63, 3.8) is 0 Å². The molecule has 0 fully saturated rings. The van der Waals surface area contributed by atoms with Crippen molar-refractivity contribution in [2.45, 2.75) is 341 Å². The molecule has 1 amide bonds. The first-order chi connectivity index (χ1) is 32.0. The van der Waals surface area contributed by atoms with Gasteiger partial charge < -0.3 is 20.3 Å². The summed E-state index contributed by atoms with van der Waals surface area (Å²) >= 11 is 0. The lowest BCUT2D eigenvalue weighted by Gasteiger charge is -2.20. The number of esters is 1. The predicted molar refractivity (Wildman–Crippen MR) is 283 cm³/mol. The summed E-state index contributed by atoms with van der Waals surface area (Å²) in [7, 11) is 0. The van der Waals surface area contributed by atoms with Crippen LogP contribution in [-0.4, -0.2) is 47.4 Å². The molecule has 0 aromatic heterocycles. The molecule has 0 aromatic carbocycles. The first kappa shape index (κ1) is 63.6. The molecule has 0 aliphatic heterocycles. The zero-order valence-electron chi connectivity index (χ0n) is 44.0. The number of ether oxygens (including phenoxy) is 1. The van der Waals surface area contributed by atoms with E-state index in [9.17, 15) is 19.8 Å². The van der Waals surface area contributed by atoms with Crippen molar-refractivity contribution in [3.8, 4) is 0 Å². The minimum absolute atomic E-state index is 0.0119. The van der Waals surface area contributed by atoms with Crippen molar-refractivity contribution in [2.75, 3.05) is 13.2 Å². The number of amides is 1. The van der Waals surface area contributed by atoms with Gasteiger partial charge >= 0.3 is 5.97 Å². The third-order valence-electron chi connectivity index (χ3n) is 13.8. The molecule has 3 N–H and O–H groups in total. The molecule has 0 aliphatic rings. The molecule has 0 radical (unpaired) electrons. The van der Waals surface area contributed by atoms with Crippen molar-refractivity contribution < 1.29 is 24.5 Å². The third kappa shape index (κ3) is 51.8. The van der Waals surface area contributed by atoms with Gasteiger partial charge in [-0.05, 0) is 32.1 Å². The van der Waals surface area contributed by atoms with Crippen LogP contribution in [0.5, 0.6) is 0 Å². The van der Waals surface area contributed by atoms with E-state index in [2.05, 4.69) is 19.2 Å². The van der Waals surface area contributed by atoms with Gasteiger partial charge in [-0.3, -0.25) is 9.59 Å². The Hall–Kier alpha value is -1.40. The molecule has 0 spiro atoms. The summed E-state index contributed by atoms with van der Waals surface area (Å²) in [6.45, 7) is 4.92. The van der Waals surface area contributed by atoms with E-state index in [0.717, 1.165) is 38.5 Å². The Morgan fingerprint density at radius 1 is 0.415 bits per heavy atom. The molecule has 0 rings (SSSR count). The monoisotopic (exact) mass is 918 g/mol.